The van der Waals surface area contributed by atoms with Crippen molar-refractivity contribution in [3.63, 3.8) is 0 Å². The number of β-amino-alcohol motifs (C(OH)–C–C–N with tert-alkyl or cyclic N) is 1. The number of halogens is 1. The summed E-state index contributed by atoms with van der Waals surface area (Å²) in [6.07, 6.45) is 2.48. The Kier molecular flexibility index (Phi) is 6.34. The number of benzene rings is 1. The summed E-state index contributed by atoms with van der Waals surface area (Å²) in [6, 6.07) is 6.45. The van der Waals surface area contributed by atoms with Gasteiger partial charge in [0.2, 0.25) is 5.91 Å². The quantitative estimate of drug-likeness (QED) is 0.847. The fraction of sp³-hybridized carbons (Fsp3) is 0.588. The topological polar surface area (TPSA) is 52.6 Å². The molecule has 1 aromatic rings. The molecule has 1 fully saturated rings. The van der Waals surface area contributed by atoms with Gasteiger partial charge in [0.05, 0.1) is 6.10 Å². The lowest BCUT2D eigenvalue weighted by atomic mass is 10.0. The molecule has 0 bridgehead atoms. The van der Waals surface area contributed by atoms with E-state index in [0.29, 0.717) is 25.1 Å². The molecule has 4 nitrogen and oxygen atoms in total. The Morgan fingerprint density at radius 2 is 2.27 bits per heavy atom. The van der Waals surface area contributed by atoms with Crippen LogP contribution in [0.3, 0.4) is 0 Å². The molecule has 1 aliphatic heterocycles. The minimum Gasteiger partial charge on any atom is -0.387 e. The molecule has 2 atom stereocenters. The molecule has 2 unspecified atom stereocenters. The van der Waals surface area contributed by atoms with Gasteiger partial charge in [0, 0.05) is 31.1 Å². The predicted octanol–water partition coefficient (Wildman–Crippen LogP) is 2.24. The highest BCUT2D eigenvalue weighted by Gasteiger charge is 2.24. The van der Waals surface area contributed by atoms with Gasteiger partial charge in [-0.3, -0.25) is 9.69 Å². The number of aliphatic hydroxyl groups is 1. The Morgan fingerprint density at radius 1 is 1.50 bits per heavy atom. The third kappa shape index (κ3) is 4.78. The van der Waals surface area contributed by atoms with Crippen molar-refractivity contribution in [3.05, 3.63) is 35.6 Å². The van der Waals surface area contributed by atoms with Gasteiger partial charge in [-0.15, -0.1) is 0 Å². The van der Waals surface area contributed by atoms with E-state index in [1.807, 2.05) is 6.92 Å². The van der Waals surface area contributed by atoms with Crippen LogP contribution in [0.1, 0.15) is 44.3 Å². The summed E-state index contributed by atoms with van der Waals surface area (Å²) >= 11 is 0. The number of nitrogens with one attached hydrogen (secondary N) is 1. The van der Waals surface area contributed by atoms with Gasteiger partial charge in [-0.05, 0) is 31.9 Å². The molecule has 1 saturated heterocycles. The molecular formula is C17H25FN2O2. The fourth-order valence-corrected chi connectivity index (χ4v) is 2.95. The van der Waals surface area contributed by atoms with E-state index in [4.69, 9.17) is 0 Å². The lowest BCUT2D eigenvalue weighted by Crippen LogP contribution is -2.48. The molecule has 1 heterocycles. The Bertz CT molecular complexity index is 495. The lowest BCUT2D eigenvalue weighted by Gasteiger charge is -2.34. The molecule has 5 heteroatoms. The zero-order chi connectivity index (χ0) is 15.9. The lowest BCUT2D eigenvalue weighted by molar-refractivity contribution is -0.122. The first-order valence-electron chi connectivity index (χ1n) is 8.04. The number of nitrogens with zero attached hydrogens (tertiary/aromatic N) is 1. The number of aliphatic hydroxyl groups excluding tert-OH is 1. The number of piperidine rings is 1. The molecule has 0 aromatic heterocycles. The summed E-state index contributed by atoms with van der Waals surface area (Å²) in [5, 5.41) is 13.3. The molecule has 1 amide bonds. The molecule has 0 radical (unpaired) electrons. The van der Waals surface area contributed by atoms with Crippen LogP contribution >= 0.6 is 0 Å². The van der Waals surface area contributed by atoms with Crippen molar-refractivity contribution in [1.29, 1.82) is 0 Å². The van der Waals surface area contributed by atoms with E-state index in [2.05, 4.69) is 10.2 Å². The number of hydrogen-bond donors (Lipinski definition) is 2. The van der Waals surface area contributed by atoms with Crippen molar-refractivity contribution in [1.82, 2.24) is 10.2 Å². The average Bonchev–Trinajstić information content (AvgIpc) is 2.48. The summed E-state index contributed by atoms with van der Waals surface area (Å²) in [5.74, 6) is -0.288. The summed E-state index contributed by atoms with van der Waals surface area (Å²) in [4.78, 5) is 13.8. The van der Waals surface area contributed by atoms with Crippen molar-refractivity contribution in [2.45, 2.75) is 44.8 Å². The van der Waals surface area contributed by atoms with Crippen molar-refractivity contribution >= 4 is 5.91 Å². The maximum atomic E-state index is 13.7. The highest BCUT2D eigenvalue weighted by molar-refractivity contribution is 5.76. The van der Waals surface area contributed by atoms with E-state index in [9.17, 15) is 14.3 Å². The van der Waals surface area contributed by atoms with E-state index < -0.39 is 6.10 Å². The smallest absolute Gasteiger partial charge is 0.220 e. The van der Waals surface area contributed by atoms with Crippen LogP contribution in [0.4, 0.5) is 4.39 Å². The van der Waals surface area contributed by atoms with Crippen molar-refractivity contribution in [3.8, 4) is 0 Å². The number of carbonyl (C=O) groups excluding carboxylic acids is 1. The van der Waals surface area contributed by atoms with Crippen LogP contribution in [0, 0.1) is 5.82 Å². The third-order valence-electron chi connectivity index (χ3n) is 4.04. The molecule has 2 rings (SSSR count). The maximum Gasteiger partial charge on any atom is 0.220 e. The van der Waals surface area contributed by atoms with Crippen LogP contribution in [0.15, 0.2) is 24.3 Å². The Morgan fingerprint density at radius 3 is 3.00 bits per heavy atom. The summed E-state index contributed by atoms with van der Waals surface area (Å²) in [7, 11) is 0. The zero-order valence-corrected chi connectivity index (χ0v) is 13.1. The molecule has 2 N–H and O–H groups in total. The zero-order valence-electron chi connectivity index (χ0n) is 13.1. The van der Waals surface area contributed by atoms with Gasteiger partial charge in [-0.1, -0.05) is 25.1 Å². The molecular weight excluding hydrogens is 283 g/mol. The van der Waals surface area contributed by atoms with E-state index >= 15 is 0 Å². The molecule has 0 spiro atoms. The van der Waals surface area contributed by atoms with Crippen molar-refractivity contribution in [2.75, 3.05) is 19.6 Å². The van der Waals surface area contributed by atoms with E-state index in [-0.39, 0.29) is 17.8 Å². The van der Waals surface area contributed by atoms with Gasteiger partial charge in [-0.2, -0.15) is 0 Å². The Balaban J connectivity index is 1.87. The third-order valence-corrected chi connectivity index (χ3v) is 4.04. The highest BCUT2D eigenvalue weighted by Crippen LogP contribution is 2.20. The van der Waals surface area contributed by atoms with Gasteiger partial charge >= 0.3 is 0 Å². The summed E-state index contributed by atoms with van der Waals surface area (Å²) in [6.45, 7) is 3.95. The minimum atomic E-state index is -0.841. The molecule has 122 valence electrons. The SMILES string of the molecule is CCCC(=O)NC1CCCN(CC(O)c2ccccc2F)C1. The van der Waals surface area contributed by atoms with Crippen LogP contribution < -0.4 is 5.32 Å². The first-order chi connectivity index (χ1) is 10.6. The molecule has 22 heavy (non-hydrogen) atoms. The van der Waals surface area contributed by atoms with Crippen LogP contribution in [-0.2, 0) is 4.79 Å². The van der Waals surface area contributed by atoms with Crippen LogP contribution in [0.5, 0.6) is 0 Å². The number of amides is 1. The number of rotatable bonds is 6. The van der Waals surface area contributed by atoms with E-state index in [0.717, 1.165) is 25.8 Å². The summed E-state index contributed by atoms with van der Waals surface area (Å²) < 4.78 is 13.7. The van der Waals surface area contributed by atoms with Crippen LogP contribution in [0.2, 0.25) is 0 Å². The second-order valence-electron chi connectivity index (χ2n) is 5.95. The molecule has 1 aromatic carbocycles. The number of likely N-dealkylation sites (tertiary alicyclic amines) is 1. The fourth-order valence-electron chi connectivity index (χ4n) is 2.95. The van der Waals surface area contributed by atoms with Crippen molar-refractivity contribution in [2.24, 2.45) is 0 Å². The number of carbonyl (C=O) groups is 1. The van der Waals surface area contributed by atoms with Gasteiger partial charge < -0.3 is 10.4 Å². The standard InChI is InChI=1S/C17H25FN2O2/c1-2-6-17(22)19-13-7-5-10-20(11-13)12-16(21)14-8-3-4-9-15(14)18/h3-4,8-9,13,16,21H,2,5-7,10-12H2,1H3,(H,19,22). The monoisotopic (exact) mass is 308 g/mol. The van der Waals surface area contributed by atoms with Gasteiger partial charge in [-0.25, -0.2) is 4.39 Å². The minimum absolute atomic E-state index is 0.0870. The van der Waals surface area contributed by atoms with Crippen LogP contribution in [-0.4, -0.2) is 41.6 Å². The van der Waals surface area contributed by atoms with Gasteiger partial charge in [0.15, 0.2) is 0 Å². The second-order valence-corrected chi connectivity index (χ2v) is 5.95. The van der Waals surface area contributed by atoms with Crippen LogP contribution in [0.25, 0.3) is 0 Å². The van der Waals surface area contributed by atoms with E-state index in [1.165, 1.54) is 6.07 Å². The first-order valence-corrected chi connectivity index (χ1v) is 8.04. The van der Waals surface area contributed by atoms with Gasteiger partial charge in [0.25, 0.3) is 0 Å². The van der Waals surface area contributed by atoms with Crippen molar-refractivity contribution < 1.29 is 14.3 Å². The second kappa shape index (κ2) is 8.25. The number of hydrogen-bond acceptors (Lipinski definition) is 3. The summed E-state index contributed by atoms with van der Waals surface area (Å²) in [5.41, 5.74) is 0.333. The van der Waals surface area contributed by atoms with E-state index in [1.54, 1.807) is 18.2 Å². The molecule has 0 aliphatic carbocycles. The highest BCUT2D eigenvalue weighted by atomic mass is 19.1. The average molecular weight is 308 g/mol. The van der Waals surface area contributed by atoms with Gasteiger partial charge in [0.1, 0.15) is 5.82 Å². The Labute approximate surface area is 131 Å². The normalized spacial score (nSPS) is 20.6. The maximum absolute atomic E-state index is 13.7. The first kappa shape index (κ1) is 16.9. The Hall–Kier alpha value is -1.46. The molecule has 1 aliphatic rings. The predicted molar refractivity (Wildman–Crippen MR) is 83.9 cm³/mol. The largest absolute Gasteiger partial charge is 0.387 e. The molecule has 0 saturated carbocycles.